The highest BCUT2D eigenvalue weighted by Gasteiger charge is 2.12. The Morgan fingerprint density at radius 2 is 1.52 bits per heavy atom. The lowest BCUT2D eigenvalue weighted by atomic mass is 10.0. The van der Waals surface area contributed by atoms with Crippen LogP contribution in [0.1, 0.15) is 37.3 Å². The van der Waals surface area contributed by atoms with Gasteiger partial charge in [0, 0.05) is 12.0 Å². The molecule has 0 N–H and O–H groups in total. The van der Waals surface area contributed by atoms with E-state index in [-0.39, 0.29) is 0 Å². The minimum Gasteiger partial charge on any atom is -0.494 e. The first-order valence-electron chi connectivity index (χ1n) is 11.7. The summed E-state index contributed by atoms with van der Waals surface area (Å²) in [7, 11) is 0. The van der Waals surface area contributed by atoms with E-state index in [0.717, 1.165) is 41.4 Å². The Labute approximate surface area is 196 Å². The third kappa shape index (κ3) is 5.64. The molecule has 4 heteroatoms. The van der Waals surface area contributed by atoms with Crippen LogP contribution in [0.4, 0.5) is 0 Å². The standard InChI is InChI=1S/C29H31NO3/c1-4-9-25-20-26(16-17-28(25)31-5-2)32-19-18-27-21(3)33-29(30-27)24-14-12-23(13-15-24)22-10-7-6-8-11-22/h6-8,10-17,20H,4-5,9,18-19H2,1-3H3. The molecule has 4 aromatic rings. The number of oxazole rings is 1. The molecule has 0 aliphatic rings. The Kier molecular flexibility index (Phi) is 7.46. The van der Waals surface area contributed by atoms with Crippen LogP contribution in [0.5, 0.6) is 11.5 Å². The number of aryl methyl sites for hydroxylation is 2. The van der Waals surface area contributed by atoms with E-state index in [1.165, 1.54) is 16.7 Å². The largest absolute Gasteiger partial charge is 0.494 e. The van der Waals surface area contributed by atoms with Gasteiger partial charge in [-0.3, -0.25) is 0 Å². The van der Waals surface area contributed by atoms with Crippen molar-refractivity contribution in [2.75, 3.05) is 13.2 Å². The first-order valence-corrected chi connectivity index (χ1v) is 11.7. The molecule has 0 bridgehead atoms. The Morgan fingerprint density at radius 3 is 2.24 bits per heavy atom. The number of ether oxygens (including phenoxy) is 2. The van der Waals surface area contributed by atoms with Crippen LogP contribution in [0.3, 0.4) is 0 Å². The summed E-state index contributed by atoms with van der Waals surface area (Å²) >= 11 is 0. The van der Waals surface area contributed by atoms with Crippen LogP contribution in [0, 0.1) is 6.92 Å². The van der Waals surface area contributed by atoms with Crippen molar-refractivity contribution >= 4 is 0 Å². The van der Waals surface area contributed by atoms with Gasteiger partial charge < -0.3 is 13.9 Å². The molecule has 0 saturated carbocycles. The molecule has 1 heterocycles. The molecule has 3 aromatic carbocycles. The SMILES string of the molecule is CCCc1cc(OCCc2nc(-c3ccc(-c4ccccc4)cc3)oc2C)ccc1OCC. The van der Waals surface area contributed by atoms with Crippen molar-refractivity contribution in [3.63, 3.8) is 0 Å². The number of benzene rings is 3. The molecule has 0 aliphatic heterocycles. The van der Waals surface area contributed by atoms with Gasteiger partial charge in [-0.25, -0.2) is 4.98 Å². The lowest BCUT2D eigenvalue weighted by Crippen LogP contribution is -2.04. The zero-order chi connectivity index (χ0) is 23.0. The van der Waals surface area contributed by atoms with Crippen molar-refractivity contribution in [2.24, 2.45) is 0 Å². The molecular weight excluding hydrogens is 410 g/mol. The van der Waals surface area contributed by atoms with Gasteiger partial charge in [-0.1, -0.05) is 55.8 Å². The quantitative estimate of drug-likeness (QED) is 0.259. The fourth-order valence-corrected chi connectivity index (χ4v) is 3.89. The highest BCUT2D eigenvalue weighted by atomic mass is 16.5. The van der Waals surface area contributed by atoms with Crippen LogP contribution in [-0.2, 0) is 12.8 Å². The van der Waals surface area contributed by atoms with E-state index >= 15 is 0 Å². The maximum absolute atomic E-state index is 6.03. The van der Waals surface area contributed by atoms with E-state index in [2.05, 4.69) is 49.4 Å². The van der Waals surface area contributed by atoms with E-state index in [4.69, 9.17) is 18.9 Å². The van der Waals surface area contributed by atoms with Crippen molar-refractivity contribution in [1.82, 2.24) is 4.98 Å². The minimum absolute atomic E-state index is 0.541. The van der Waals surface area contributed by atoms with Crippen molar-refractivity contribution in [3.8, 4) is 34.1 Å². The fraction of sp³-hybridized carbons (Fsp3) is 0.276. The molecular formula is C29H31NO3. The molecule has 0 radical (unpaired) electrons. The minimum atomic E-state index is 0.541. The van der Waals surface area contributed by atoms with Gasteiger partial charge in [0.25, 0.3) is 0 Å². The van der Waals surface area contributed by atoms with Crippen molar-refractivity contribution in [2.45, 2.75) is 40.0 Å². The summed E-state index contributed by atoms with van der Waals surface area (Å²) in [6.07, 6.45) is 2.73. The molecule has 170 valence electrons. The summed E-state index contributed by atoms with van der Waals surface area (Å²) in [5.41, 5.74) is 5.46. The normalized spacial score (nSPS) is 10.9. The molecule has 0 amide bonds. The average Bonchev–Trinajstić information content (AvgIpc) is 3.22. The number of hydrogen-bond donors (Lipinski definition) is 0. The van der Waals surface area contributed by atoms with Gasteiger partial charge in [0.1, 0.15) is 17.3 Å². The highest BCUT2D eigenvalue weighted by molar-refractivity contribution is 5.67. The molecule has 0 aliphatic carbocycles. The van der Waals surface area contributed by atoms with Crippen LogP contribution in [0.2, 0.25) is 0 Å². The van der Waals surface area contributed by atoms with Crippen molar-refractivity contribution in [1.29, 1.82) is 0 Å². The van der Waals surface area contributed by atoms with Crippen molar-refractivity contribution in [3.05, 3.63) is 89.8 Å². The van der Waals surface area contributed by atoms with Gasteiger partial charge in [-0.05, 0) is 67.3 Å². The Hall–Kier alpha value is -3.53. The smallest absolute Gasteiger partial charge is 0.226 e. The third-order valence-corrected chi connectivity index (χ3v) is 5.59. The van der Waals surface area contributed by atoms with Crippen molar-refractivity contribution < 1.29 is 13.9 Å². The zero-order valence-corrected chi connectivity index (χ0v) is 19.6. The monoisotopic (exact) mass is 441 g/mol. The van der Waals surface area contributed by atoms with E-state index in [0.29, 0.717) is 25.5 Å². The zero-order valence-electron chi connectivity index (χ0n) is 19.6. The molecule has 0 unspecified atom stereocenters. The van der Waals surface area contributed by atoms with Crippen LogP contribution in [0.25, 0.3) is 22.6 Å². The van der Waals surface area contributed by atoms with Gasteiger partial charge >= 0.3 is 0 Å². The first kappa shape index (κ1) is 22.7. The molecule has 4 nitrogen and oxygen atoms in total. The summed E-state index contributed by atoms with van der Waals surface area (Å²) in [5, 5.41) is 0. The molecule has 0 atom stereocenters. The predicted octanol–water partition coefficient (Wildman–Crippen LogP) is 7.29. The lowest BCUT2D eigenvalue weighted by molar-refractivity contribution is 0.315. The second kappa shape index (κ2) is 10.9. The van der Waals surface area contributed by atoms with Crippen LogP contribution in [0.15, 0.2) is 77.2 Å². The van der Waals surface area contributed by atoms with Gasteiger partial charge in [-0.15, -0.1) is 0 Å². The highest BCUT2D eigenvalue weighted by Crippen LogP contribution is 2.27. The Bertz CT molecular complexity index is 1160. The van der Waals surface area contributed by atoms with Crippen LogP contribution < -0.4 is 9.47 Å². The Balaban J connectivity index is 1.40. The van der Waals surface area contributed by atoms with Gasteiger partial charge in [-0.2, -0.15) is 0 Å². The van der Waals surface area contributed by atoms with Crippen LogP contribution >= 0.6 is 0 Å². The lowest BCUT2D eigenvalue weighted by Gasteiger charge is -2.12. The summed E-state index contributed by atoms with van der Waals surface area (Å²) in [5.74, 6) is 3.29. The topological polar surface area (TPSA) is 44.5 Å². The number of rotatable bonds is 10. The number of hydrogen-bond acceptors (Lipinski definition) is 4. The first-order chi connectivity index (χ1) is 16.2. The number of nitrogens with zero attached hydrogens (tertiary/aromatic N) is 1. The summed E-state index contributed by atoms with van der Waals surface area (Å²) in [4.78, 5) is 4.73. The van der Waals surface area contributed by atoms with E-state index in [1.54, 1.807) is 0 Å². The third-order valence-electron chi connectivity index (χ3n) is 5.59. The number of aromatic nitrogens is 1. The van der Waals surface area contributed by atoms with Gasteiger partial charge in [0.2, 0.25) is 5.89 Å². The van der Waals surface area contributed by atoms with Gasteiger partial charge in [0.05, 0.1) is 18.9 Å². The molecule has 0 saturated heterocycles. The second-order valence-electron chi connectivity index (χ2n) is 8.02. The summed E-state index contributed by atoms with van der Waals surface area (Å²) < 4.78 is 17.7. The fourth-order valence-electron chi connectivity index (χ4n) is 3.89. The van der Waals surface area contributed by atoms with E-state index < -0.39 is 0 Å². The average molecular weight is 442 g/mol. The molecule has 0 spiro atoms. The summed E-state index contributed by atoms with van der Waals surface area (Å²) in [6.45, 7) is 7.34. The van der Waals surface area contributed by atoms with E-state index in [9.17, 15) is 0 Å². The second-order valence-corrected chi connectivity index (χ2v) is 8.02. The van der Waals surface area contributed by atoms with E-state index in [1.807, 2.05) is 44.2 Å². The molecule has 1 aromatic heterocycles. The molecule has 33 heavy (non-hydrogen) atoms. The predicted molar refractivity (Wildman–Crippen MR) is 133 cm³/mol. The maximum atomic E-state index is 6.03. The van der Waals surface area contributed by atoms with Gasteiger partial charge in [0.15, 0.2) is 0 Å². The molecule has 4 rings (SSSR count). The molecule has 0 fully saturated rings. The Morgan fingerprint density at radius 1 is 0.788 bits per heavy atom. The van der Waals surface area contributed by atoms with Crippen LogP contribution in [-0.4, -0.2) is 18.2 Å². The summed E-state index contributed by atoms with van der Waals surface area (Å²) in [6, 6.07) is 24.7. The maximum Gasteiger partial charge on any atom is 0.226 e.